The number of anilines is 1. The van der Waals surface area contributed by atoms with Crippen molar-refractivity contribution in [3.63, 3.8) is 0 Å². The molecule has 0 radical (unpaired) electrons. The van der Waals surface area contributed by atoms with Crippen molar-refractivity contribution < 1.29 is 23.1 Å². The van der Waals surface area contributed by atoms with Crippen molar-refractivity contribution in [1.29, 1.82) is 0 Å². The molecule has 0 aliphatic carbocycles. The molecule has 2 N–H and O–H groups in total. The van der Waals surface area contributed by atoms with Gasteiger partial charge >= 0.3 is 0 Å². The quantitative estimate of drug-likeness (QED) is 0.622. The summed E-state index contributed by atoms with van der Waals surface area (Å²) in [5, 5.41) is 12.2. The average molecular weight is 451 g/mol. The lowest BCUT2D eigenvalue weighted by atomic mass is 10.1. The minimum atomic E-state index is -3.38. The standard InChI is InChI=1S/C24H22N2O5S/c1-32(30,31)22-5-3-2-4-21(22)16-6-10-19(11-7-16)26-15-18(14-23(26)28)25-24(29)17-8-12-20(27)13-9-17/h2-13,18,27H,14-15H2,1H3,(H,25,29). The van der Waals surface area contributed by atoms with Crippen LogP contribution in [0.2, 0.25) is 0 Å². The van der Waals surface area contributed by atoms with E-state index in [-0.39, 0.29) is 34.9 Å². The van der Waals surface area contributed by atoms with Crippen LogP contribution in [0.5, 0.6) is 5.75 Å². The maximum atomic E-state index is 12.6. The Bertz CT molecular complexity index is 1270. The van der Waals surface area contributed by atoms with Crippen LogP contribution in [0, 0.1) is 0 Å². The van der Waals surface area contributed by atoms with Crippen LogP contribution in [-0.4, -0.2) is 44.2 Å². The molecule has 1 saturated heterocycles. The van der Waals surface area contributed by atoms with Gasteiger partial charge in [-0.1, -0.05) is 30.3 Å². The van der Waals surface area contributed by atoms with Crippen molar-refractivity contribution in [2.24, 2.45) is 0 Å². The Morgan fingerprint density at radius 3 is 2.31 bits per heavy atom. The van der Waals surface area contributed by atoms with Crippen LogP contribution in [0.25, 0.3) is 11.1 Å². The summed E-state index contributed by atoms with van der Waals surface area (Å²) in [6, 6.07) is 19.5. The lowest BCUT2D eigenvalue weighted by Crippen LogP contribution is -2.37. The van der Waals surface area contributed by atoms with Crippen LogP contribution in [0.3, 0.4) is 0 Å². The molecular weight excluding hydrogens is 428 g/mol. The zero-order valence-electron chi connectivity index (χ0n) is 17.4. The highest BCUT2D eigenvalue weighted by atomic mass is 32.2. The molecule has 1 unspecified atom stereocenters. The number of benzene rings is 3. The van der Waals surface area contributed by atoms with Gasteiger partial charge in [-0.05, 0) is 48.0 Å². The number of carbonyl (C=O) groups is 2. The largest absolute Gasteiger partial charge is 0.508 e. The first-order valence-corrected chi connectivity index (χ1v) is 11.9. The van der Waals surface area contributed by atoms with Crippen molar-refractivity contribution in [2.45, 2.75) is 17.4 Å². The van der Waals surface area contributed by atoms with E-state index in [1.807, 2.05) is 0 Å². The smallest absolute Gasteiger partial charge is 0.251 e. The monoisotopic (exact) mass is 450 g/mol. The van der Waals surface area contributed by atoms with E-state index in [0.29, 0.717) is 23.4 Å². The van der Waals surface area contributed by atoms with Crippen LogP contribution in [-0.2, 0) is 14.6 Å². The molecule has 164 valence electrons. The molecule has 3 aromatic rings. The summed E-state index contributed by atoms with van der Waals surface area (Å²) in [6.07, 6.45) is 1.36. The summed E-state index contributed by atoms with van der Waals surface area (Å²) in [6.45, 7) is 0.335. The predicted molar refractivity (Wildman–Crippen MR) is 121 cm³/mol. The van der Waals surface area contributed by atoms with Crippen molar-refractivity contribution in [3.05, 3.63) is 78.4 Å². The van der Waals surface area contributed by atoms with E-state index in [1.165, 1.54) is 30.5 Å². The molecule has 1 fully saturated rings. The second-order valence-electron chi connectivity index (χ2n) is 7.74. The van der Waals surface area contributed by atoms with Crippen LogP contribution in [0.1, 0.15) is 16.8 Å². The van der Waals surface area contributed by atoms with E-state index >= 15 is 0 Å². The SMILES string of the molecule is CS(=O)(=O)c1ccccc1-c1ccc(N2CC(NC(=O)c3ccc(O)cc3)CC2=O)cc1. The molecule has 0 spiro atoms. The highest BCUT2D eigenvalue weighted by molar-refractivity contribution is 7.90. The summed E-state index contributed by atoms with van der Waals surface area (Å²) >= 11 is 0. The number of aromatic hydroxyl groups is 1. The average Bonchev–Trinajstić information content (AvgIpc) is 3.13. The molecule has 7 nitrogen and oxygen atoms in total. The minimum absolute atomic E-state index is 0.0753. The van der Waals surface area contributed by atoms with Crippen LogP contribution in [0.15, 0.2) is 77.7 Å². The number of hydrogen-bond donors (Lipinski definition) is 2. The number of phenols is 1. The number of hydrogen-bond acceptors (Lipinski definition) is 5. The van der Waals surface area contributed by atoms with Gasteiger partial charge < -0.3 is 15.3 Å². The van der Waals surface area contributed by atoms with Gasteiger partial charge in [0.25, 0.3) is 5.91 Å². The van der Waals surface area contributed by atoms with Gasteiger partial charge in [0.15, 0.2) is 9.84 Å². The van der Waals surface area contributed by atoms with Gasteiger partial charge in [0, 0.05) is 36.0 Å². The number of carbonyl (C=O) groups excluding carboxylic acids is 2. The van der Waals surface area contributed by atoms with Crippen LogP contribution in [0.4, 0.5) is 5.69 Å². The molecule has 4 rings (SSSR count). The fourth-order valence-corrected chi connectivity index (χ4v) is 4.70. The first-order chi connectivity index (χ1) is 15.2. The van der Waals surface area contributed by atoms with Gasteiger partial charge in [0.1, 0.15) is 5.75 Å². The summed E-state index contributed by atoms with van der Waals surface area (Å²) in [5.74, 6) is -0.339. The molecule has 3 aromatic carbocycles. The molecule has 32 heavy (non-hydrogen) atoms. The Hall–Kier alpha value is -3.65. The third kappa shape index (κ3) is 4.50. The summed E-state index contributed by atoms with van der Waals surface area (Å²) in [4.78, 5) is 26.8. The first kappa shape index (κ1) is 21.6. The van der Waals surface area contributed by atoms with Gasteiger partial charge in [-0.15, -0.1) is 0 Å². The molecule has 0 aromatic heterocycles. The third-order valence-corrected chi connectivity index (χ3v) is 6.52. The molecule has 1 atom stereocenters. The Labute approximate surface area is 186 Å². The number of amides is 2. The number of nitrogens with zero attached hydrogens (tertiary/aromatic N) is 1. The van der Waals surface area contributed by atoms with E-state index in [0.717, 1.165) is 5.56 Å². The normalized spacial score (nSPS) is 16.2. The zero-order chi connectivity index (χ0) is 22.9. The van der Waals surface area contributed by atoms with Gasteiger partial charge in [-0.3, -0.25) is 9.59 Å². The lowest BCUT2D eigenvalue weighted by Gasteiger charge is -2.18. The maximum absolute atomic E-state index is 12.6. The second kappa shape index (κ2) is 8.47. The number of rotatable bonds is 5. The molecule has 1 aliphatic rings. The fourth-order valence-electron chi connectivity index (χ4n) is 3.78. The van der Waals surface area contributed by atoms with E-state index in [1.54, 1.807) is 53.4 Å². The summed E-state index contributed by atoms with van der Waals surface area (Å²) in [7, 11) is -3.38. The Morgan fingerprint density at radius 2 is 1.66 bits per heavy atom. The molecule has 1 heterocycles. The van der Waals surface area contributed by atoms with Crippen LogP contribution >= 0.6 is 0 Å². The van der Waals surface area contributed by atoms with Crippen molar-refractivity contribution >= 4 is 27.3 Å². The highest BCUT2D eigenvalue weighted by Gasteiger charge is 2.31. The third-order valence-electron chi connectivity index (χ3n) is 5.37. The molecule has 1 aliphatic heterocycles. The van der Waals surface area contributed by atoms with Crippen molar-refractivity contribution in [3.8, 4) is 16.9 Å². The topological polar surface area (TPSA) is 104 Å². The van der Waals surface area contributed by atoms with E-state index in [2.05, 4.69) is 5.32 Å². The Balaban J connectivity index is 1.49. The van der Waals surface area contributed by atoms with Crippen molar-refractivity contribution in [1.82, 2.24) is 5.32 Å². The minimum Gasteiger partial charge on any atom is -0.508 e. The first-order valence-electron chi connectivity index (χ1n) is 10.0. The second-order valence-corrected chi connectivity index (χ2v) is 9.73. The molecular formula is C24H22N2O5S. The van der Waals surface area contributed by atoms with Gasteiger partial charge in [0.2, 0.25) is 5.91 Å². The maximum Gasteiger partial charge on any atom is 0.251 e. The highest BCUT2D eigenvalue weighted by Crippen LogP contribution is 2.30. The zero-order valence-corrected chi connectivity index (χ0v) is 18.2. The van der Waals surface area contributed by atoms with Gasteiger partial charge in [0.05, 0.1) is 10.9 Å². The molecule has 8 heteroatoms. The van der Waals surface area contributed by atoms with Gasteiger partial charge in [-0.25, -0.2) is 8.42 Å². The molecule has 2 amide bonds. The number of nitrogens with one attached hydrogen (secondary N) is 1. The lowest BCUT2D eigenvalue weighted by molar-refractivity contribution is -0.117. The number of phenolic OH excluding ortho intramolecular Hbond substituents is 1. The van der Waals surface area contributed by atoms with Crippen LogP contribution < -0.4 is 10.2 Å². The molecule has 0 saturated carbocycles. The van der Waals surface area contributed by atoms with E-state index < -0.39 is 9.84 Å². The van der Waals surface area contributed by atoms with Crippen molar-refractivity contribution in [2.75, 3.05) is 17.7 Å². The van der Waals surface area contributed by atoms with E-state index in [4.69, 9.17) is 0 Å². The van der Waals surface area contributed by atoms with E-state index in [9.17, 15) is 23.1 Å². The predicted octanol–water partition coefficient (Wildman–Crippen LogP) is 3.00. The molecule has 0 bridgehead atoms. The summed E-state index contributed by atoms with van der Waals surface area (Å²) in [5.41, 5.74) is 2.42. The Morgan fingerprint density at radius 1 is 1.00 bits per heavy atom. The number of sulfone groups is 1. The van der Waals surface area contributed by atoms with Gasteiger partial charge in [-0.2, -0.15) is 0 Å². The fraction of sp³-hybridized carbons (Fsp3) is 0.167. The Kier molecular flexibility index (Phi) is 5.71. The summed E-state index contributed by atoms with van der Waals surface area (Å²) < 4.78 is 24.2.